The van der Waals surface area contributed by atoms with Crippen molar-refractivity contribution in [1.82, 2.24) is 0 Å². The molecule has 0 aliphatic heterocycles. The van der Waals surface area contributed by atoms with Gasteiger partial charge in [0.15, 0.2) is 0 Å². The highest BCUT2D eigenvalue weighted by atomic mass is 16.5. The number of carbonyl (C=O) groups is 2. The van der Waals surface area contributed by atoms with Gasteiger partial charge in [-0.2, -0.15) is 0 Å². The van der Waals surface area contributed by atoms with E-state index in [-0.39, 0.29) is 37.0 Å². The van der Waals surface area contributed by atoms with Gasteiger partial charge in [0.05, 0.1) is 0 Å². The zero-order chi connectivity index (χ0) is 15.5. The second-order valence-electron chi connectivity index (χ2n) is 5.36. The van der Waals surface area contributed by atoms with E-state index in [0.717, 1.165) is 6.42 Å². The first-order valence-corrected chi connectivity index (χ1v) is 7.40. The molecule has 0 aliphatic carbocycles. The molecular formula is C16H28O4. The Labute approximate surface area is 122 Å². The summed E-state index contributed by atoms with van der Waals surface area (Å²) in [5.74, 6) is -0.200. The topological polar surface area (TPSA) is 52.6 Å². The molecule has 4 heteroatoms. The summed E-state index contributed by atoms with van der Waals surface area (Å²) in [7, 11) is 0. The van der Waals surface area contributed by atoms with Crippen molar-refractivity contribution in [2.75, 3.05) is 0 Å². The molecule has 0 aromatic carbocycles. The van der Waals surface area contributed by atoms with Crippen molar-refractivity contribution in [2.24, 2.45) is 5.92 Å². The number of esters is 2. The van der Waals surface area contributed by atoms with Gasteiger partial charge in [-0.05, 0) is 25.7 Å². The average Bonchev–Trinajstić information content (AvgIpc) is 2.35. The molecule has 116 valence electrons. The first-order valence-electron chi connectivity index (χ1n) is 7.40. The van der Waals surface area contributed by atoms with Gasteiger partial charge in [-0.25, -0.2) is 0 Å². The Morgan fingerprint density at radius 3 is 2.10 bits per heavy atom. The van der Waals surface area contributed by atoms with Crippen molar-refractivity contribution >= 4 is 11.9 Å². The standard InChI is InChI=1S/C16H28O4/c1-6-9-13(5)19-15(17)10-8-11-16(18)20-14(7-2)12(3)4/h6,12-14H,1,7-11H2,2-5H3. The predicted molar refractivity (Wildman–Crippen MR) is 79.2 cm³/mol. The van der Waals surface area contributed by atoms with Crippen molar-refractivity contribution in [3.05, 3.63) is 12.7 Å². The fourth-order valence-electron chi connectivity index (χ4n) is 1.86. The van der Waals surface area contributed by atoms with E-state index in [0.29, 0.717) is 18.8 Å². The zero-order valence-corrected chi connectivity index (χ0v) is 13.2. The minimum atomic E-state index is -0.275. The fraction of sp³-hybridized carbons (Fsp3) is 0.750. The molecule has 0 amide bonds. The van der Waals surface area contributed by atoms with E-state index in [4.69, 9.17) is 9.47 Å². The molecular weight excluding hydrogens is 256 g/mol. The Morgan fingerprint density at radius 1 is 1.10 bits per heavy atom. The number of carbonyl (C=O) groups excluding carboxylic acids is 2. The molecule has 0 rings (SSSR count). The van der Waals surface area contributed by atoms with Crippen molar-refractivity contribution < 1.29 is 19.1 Å². The van der Waals surface area contributed by atoms with Crippen molar-refractivity contribution in [1.29, 1.82) is 0 Å². The normalized spacial score (nSPS) is 13.7. The Balaban J connectivity index is 3.85. The first kappa shape index (κ1) is 18.7. The lowest BCUT2D eigenvalue weighted by molar-refractivity contribution is -0.152. The zero-order valence-electron chi connectivity index (χ0n) is 13.2. The molecule has 20 heavy (non-hydrogen) atoms. The molecule has 0 bridgehead atoms. The van der Waals surface area contributed by atoms with E-state index in [2.05, 4.69) is 6.58 Å². The van der Waals surface area contributed by atoms with Crippen LogP contribution in [0.15, 0.2) is 12.7 Å². The summed E-state index contributed by atoms with van der Waals surface area (Å²) in [6.45, 7) is 11.5. The largest absolute Gasteiger partial charge is 0.462 e. The van der Waals surface area contributed by atoms with Crippen LogP contribution in [0, 0.1) is 5.92 Å². The maximum atomic E-state index is 11.6. The number of ether oxygens (including phenoxy) is 2. The average molecular weight is 284 g/mol. The fourth-order valence-corrected chi connectivity index (χ4v) is 1.86. The summed E-state index contributed by atoms with van der Waals surface area (Å²) in [5, 5.41) is 0. The lowest BCUT2D eigenvalue weighted by atomic mass is 10.1. The third-order valence-corrected chi connectivity index (χ3v) is 3.02. The summed E-state index contributed by atoms with van der Waals surface area (Å²) in [5.41, 5.74) is 0. The van der Waals surface area contributed by atoms with E-state index >= 15 is 0 Å². The third kappa shape index (κ3) is 8.73. The van der Waals surface area contributed by atoms with Crippen LogP contribution in [0.5, 0.6) is 0 Å². The molecule has 0 saturated carbocycles. The number of hydrogen-bond donors (Lipinski definition) is 0. The highest BCUT2D eigenvalue weighted by Gasteiger charge is 2.16. The Hall–Kier alpha value is -1.32. The maximum absolute atomic E-state index is 11.6. The number of rotatable bonds is 10. The number of hydrogen-bond acceptors (Lipinski definition) is 4. The van der Waals surface area contributed by atoms with Crippen LogP contribution in [0.2, 0.25) is 0 Å². The van der Waals surface area contributed by atoms with Gasteiger partial charge in [-0.3, -0.25) is 9.59 Å². The van der Waals surface area contributed by atoms with Gasteiger partial charge in [-0.15, -0.1) is 6.58 Å². The Bertz CT molecular complexity index is 310. The monoisotopic (exact) mass is 284 g/mol. The molecule has 0 radical (unpaired) electrons. The van der Waals surface area contributed by atoms with Crippen LogP contribution in [-0.2, 0) is 19.1 Å². The van der Waals surface area contributed by atoms with E-state index in [1.807, 2.05) is 27.7 Å². The lowest BCUT2D eigenvalue weighted by Gasteiger charge is -2.19. The van der Waals surface area contributed by atoms with Crippen LogP contribution >= 0.6 is 0 Å². The van der Waals surface area contributed by atoms with Gasteiger partial charge in [0, 0.05) is 19.3 Å². The maximum Gasteiger partial charge on any atom is 0.306 e. The third-order valence-electron chi connectivity index (χ3n) is 3.02. The van der Waals surface area contributed by atoms with Crippen LogP contribution in [0.3, 0.4) is 0 Å². The molecule has 2 atom stereocenters. The van der Waals surface area contributed by atoms with Crippen LogP contribution < -0.4 is 0 Å². The molecule has 2 unspecified atom stereocenters. The van der Waals surface area contributed by atoms with Crippen LogP contribution in [0.25, 0.3) is 0 Å². The SMILES string of the molecule is C=CCC(C)OC(=O)CCCC(=O)OC(CC)C(C)C. The molecule has 0 spiro atoms. The minimum Gasteiger partial charge on any atom is -0.462 e. The summed E-state index contributed by atoms with van der Waals surface area (Å²) in [6, 6.07) is 0. The van der Waals surface area contributed by atoms with E-state index in [9.17, 15) is 9.59 Å². The van der Waals surface area contributed by atoms with Crippen LogP contribution in [0.1, 0.15) is 59.8 Å². The van der Waals surface area contributed by atoms with Crippen LogP contribution in [-0.4, -0.2) is 24.1 Å². The minimum absolute atomic E-state index is 0.0398. The van der Waals surface area contributed by atoms with Crippen molar-refractivity contribution in [3.63, 3.8) is 0 Å². The van der Waals surface area contributed by atoms with E-state index in [1.165, 1.54) is 0 Å². The summed E-state index contributed by atoms with van der Waals surface area (Å²) < 4.78 is 10.5. The van der Waals surface area contributed by atoms with Crippen molar-refractivity contribution in [2.45, 2.75) is 72.0 Å². The lowest BCUT2D eigenvalue weighted by Crippen LogP contribution is -2.23. The second-order valence-corrected chi connectivity index (χ2v) is 5.36. The molecule has 4 nitrogen and oxygen atoms in total. The molecule has 0 fully saturated rings. The molecule has 0 aliphatic rings. The first-order chi connectivity index (χ1) is 9.40. The predicted octanol–water partition coefficient (Wildman–Crippen LogP) is 3.64. The van der Waals surface area contributed by atoms with Gasteiger partial charge < -0.3 is 9.47 Å². The van der Waals surface area contributed by atoms with Gasteiger partial charge in [0.25, 0.3) is 0 Å². The Kier molecular flexibility index (Phi) is 9.77. The molecule has 0 N–H and O–H groups in total. The van der Waals surface area contributed by atoms with E-state index < -0.39 is 0 Å². The second kappa shape index (κ2) is 10.5. The summed E-state index contributed by atoms with van der Waals surface area (Å²) in [6.07, 6.45) is 3.94. The van der Waals surface area contributed by atoms with Gasteiger partial charge in [0.2, 0.25) is 0 Å². The Morgan fingerprint density at radius 2 is 1.65 bits per heavy atom. The van der Waals surface area contributed by atoms with Gasteiger partial charge in [-0.1, -0.05) is 26.8 Å². The molecule has 0 aromatic rings. The summed E-state index contributed by atoms with van der Waals surface area (Å²) in [4.78, 5) is 23.1. The van der Waals surface area contributed by atoms with E-state index in [1.54, 1.807) is 6.08 Å². The highest BCUT2D eigenvalue weighted by molar-refractivity contribution is 5.72. The molecule has 0 saturated heterocycles. The summed E-state index contributed by atoms with van der Waals surface area (Å²) >= 11 is 0. The molecule has 0 aromatic heterocycles. The van der Waals surface area contributed by atoms with Crippen LogP contribution in [0.4, 0.5) is 0 Å². The van der Waals surface area contributed by atoms with Gasteiger partial charge in [0.1, 0.15) is 12.2 Å². The smallest absolute Gasteiger partial charge is 0.306 e. The van der Waals surface area contributed by atoms with Gasteiger partial charge >= 0.3 is 11.9 Å². The highest BCUT2D eigenvalue weighted by Crippen LogP contribution is 2.12. The molecule has 0 heterocycles. The van der Waals surface area contributed by atoms with Crippen molar-refractivity contribution in [3.8, 4) is 0 Å². The quantitative estimate of drug-likeness (QED) is 0.454.